The molecule has 60 heavy (non-hydrogen) atoms. The Balaban J connectivity index is 1.62. The van der Waals surface area contributed by atoms with Crippen LogP contribution >= 0.6 is 0 Å². The van der Waals surface area contributed by atoms with Crippen LogP contribution in [-0.2, 0) is 30.1 Å². The van der Waals surface area contributed by atoms with Crippen molar-refractivity contribution in [3.05, 3.63) is 108 Å². The molecule has 4 rings (SSSR count). The lowest BCUT2D eigenvalue weighted by Gasteiger charge is -2.17. The van der Waals surface area contributed by atoms with Crippen LogP contribution in [0.5, 0.6) is 34.5 Å². The summed E-state index contributed by atoms with van der Waals surface area (Å²) < 4.78 is 108. The summed E-state index contributed by atoms with van der Waals surface area (Å²) in [7, 11) is -6.32. The first kappa shape index (κ1) is 47.1. The number of rotatable bonds is 21. The molecule has 4 aromatic carbocycles. The molecule has 0 radical (unpaired) electrons. The summed E-state index contributed by atoms with van der Waals surface area (Å²) in [5, 5.41) is 0. The average molecular weight is 892 g/mol. The molecule has 0 N–H and O–H groups in total. The van der Waals surface area contributed by atoms with Gasteiger partial charge in [0, 0.05) is 59.0 Å². The fourth-order valence-electron chi connectivity index (χ4n) is 4.84. The summed E-state index contributed by atoms with van der Waals surface area (Å²) in [4.78, 5) is 40.7. The molecule has 0 aliphatic heterocycles. The molecule has 0 aliphatic carbocycles. The number of sulfonamides is 3. The van der Waals surface area contributed by atoms with E-state index in [0.717, 1.165) is 31.7 Å². The highest BCUT2D eigenvalue weighted by Gasteiger charge is 2.22. The number of esters is 3. The molecule has 21 heteroatoms. The molecular formula is C39H45N3O15S3. The van der Waals surface area contributed by atoms with E-state index in [-0.39, 0.29) is 90.6 Å². The number of hydrogen-bond donors (Lipinski definition) is 0. The van der Waals surface area contributed by atoms with Gasteiger partial charge in [-0.3, -0.25) is 0 Å². The van der Waals surface area contributed by atoms with Crippen molar-refractivity contribution in [2.45, 2.75) is 0 Å². The molecule has 0 unspecified atom stereocenters. The van der Waals surface area contributed by atoms with E-state index in [1.807, 2.05) is 0 Å². The predicted molar refractivity (Wildman–Crippen MR) is 220 cm³/mol. The van der Waals surface area contributed by atoms with Gasteiger partial charge < -0.3 is 28.4 Å². The van der Waals surface area contributed by atoms with Gasteiger partial charge in [0.2, 0.25) is 30.1 Å². The molecular weight excluding hydrogens is 847 g/mol. The molecule has 0 aliphatic rings. The molecule has 0 amide bonds. The number of ether oxygens (including phenoxy) is 6. The van der Waals surface area contributed by atoms with Crippen LogP contribution in [0.3, 0.4) is 0 Å². The number of likely N-dealkylation sites (N-methyl/N-ethyl adjacent to an activating group) is 3. The second-order valence-corrected chi connectivity index (χ2v) is 19.4. The van der Waals surface area contributed by atoms with E-state index in [0.29, 0.717) is 0 Å². The second kappa shape index (κ2) is 20.6. The lowest BCUT2D eigenvalue weighted by molar-refractivity contribution is 0.0726. The fraction of sp³-hybridized carbons (Fsp3) is 0.308. The molecule has 18 nitrogen and oxygen atoms in total. The van der Waals surface area contributed by atoms with Crippen molar-refractivity contribution in [2.75, 3.05) is 79.4 Å². The Morgan fingerprint density at radius 1 is 0.433 bits per heavy atom. The van der Waals surface area contributed by atoms with Crippen molar-refractivity contribution in [1.82, 2.24) is 12.9 Å². The summed E-state index contributed by atoms with van der Waals surface area (Å²) in [6.45, 7) is -0.331. The lowest BCUT2D eigenvalue weighted by atomic mass is 10.2. The summed E-state index contributed by atoms with van der Waals surface area (Å²) in [5.41, 5.74) is -0.123. The van der Waals surface area contributed by atoms with E-state index in [1.54, 1.807) is 36.4 Å². The predicted octanol–water partition coefficient (Wildman–Crippen LogP) is 3.15. The van der Waals surface area contributed by atoms with E-state index in [4.69, 9.17) is 28.4 Å². The van der Waals surface area contributed by atoms with Gasteiger partial charge in [-0.25, -0.2) is 52.6 Å². The highest BCUT2D eigenvalue weighted by molar-refractivity contribution is 7.88. The second-order valence-electron chi connectivity index (χ2n) is 13.1. The minimum atomic E-state index is -3.48. The molecule has 4 aromatic rings. The smallest absolute Gasteiger partial charge is 0.347 e. The highest BCUT2D eigenvalue weighted by atomic mass is 32.2. The van der Waals surface area contributed by atoms with E-state index >= 15 is 0 Å². The van der Waals surface area contributed by atoms with Gasteiger partial charge in [-0.15, -0.1) is 0 Å². The molecule has 0 atom stereocenters. The average Bonchev–Trinajstić information content (AvgIpc) is 3.17. The molecule has 324 valence electrons. The Hall–Kier alpha value is -5.58. The van der Waals surface area contributed by atoms with Crippen LogP contribution in [0, 0.1) is 0 Å². The summed E-state index contributed by atoms with van der Waals surface area (Å²) in [6.07, 6.45) is 3.13. The Morgan fingerprint density at radius 3 is 0.900 bits per heavy atom. The molecule has 0 saturated carbocycles. The maximum absolute atomic E-state index is 13.6. The molecule has 0 heterocycles. The molecule has 0 fully saturated rings. The third-order valence-electron chi connectivity index (χ3n) is 8.50. The minimum Gasteiger partial charge on any atom is -0.491 e. The van der Waals surface area contributed by atoms with Gasteiger partial charge in [0.1, 0.15) is 71.0 Å². The van der Waals surface area contributed by atoms with Gasteiger partial charge in [0.05, 0.1) is 18.8 Å². The fourth-order valence-corrected chi connectivity index (χ4v) is 6.06. The number of nitrogens with zero attached hydrogens (tertiary/aromatic N) is 3. The third kappa shape index (κ3) is 14.0. The summed E-state index contributed by atoms with van der Waals surface area (Å²) >= 11 is 0. The van der Waals surface area contributed by atoms with E-state index in [9.17, 15) is 39.6 Å². The van der Waals surface area contributed by atoms with Gasteiger partial charge in [-0.2, -0.15) is 0 Å². The van der Waals surface area contributed by atoms with Crippen molar-refractivity contribution >= 4 is 48.0 Å². The van der Waals surface area contributed by atoms with Gasteiger partial charge in [0.15, 0.2) is 0 Å². The van der Waals surface area contributed by atoms with Gasteiger partial charge in [-0.05, 0) is 36.4 Å². The topological polar surface area (TPSA) is 219 Å². The third-order valence-corrected chi connectivity index (χ3v) is 12.4. The summed E-state index contributed by atoms with van der Waals surface area (Å²) in [5.74, 6) is -3.26. The summed E-state index contributed by atoms with van der Waals surface area (Å²) in [6, 6.07) is 21.7. The maximum Gasteiger partial charge on any atom is 0.347 e. The Morgan fingerprint density at radius 2 is 0.667 bits per heavy atom. The van der Waals surface area contributed by atoms with Crippen LogP contribution in [0.4, 0.5) is 0 Å². The lowest BCUT2D eigenvalue weighted by Crippen LogP contribution is -2.30. The largest absolute Gasteiger partial charge is 0.491 e. The van der Waals surface area contributed by atoms with Gasteiger partial charge >= 0.3 is 17.9 Å². The van der Waals surface area contributed by atoms with Gasteiger partial charge in [0.25, 0.3) is 0 Å². The van der Waals surface area contributed by atoms with Crippen molar-refractivity contribution in [3.8, 4) is 34.5 Å². The number of benzene rings is 4. The minimum absolute atomic E-state index is 0.0118. The number of hydrogen-bond acceptors (Lipinski definition) is 15. The van der Waals surface area contributed by atoms with E-state index in [1.165, 1.54) is 75.7 Å². The maximum atomic E-state index is 13.6. The van der Waals surface area contributed by atoms with Crippen LogP contribution in [0.1, 0.15) is 31.1 Å². The normalized spacial score (nSPS) is 11.9. The van der Waals surface area contributed by atoms with Crippen molar-refractivity contribution in [2.24, 2.45) is 0 Å². The molecule has 0 saturated heterocycles. The SMILES string of the molecule is CN(CCOc1ccccc1C(=O)Oc1cc(OC(=O)c2ccccc2OCCN(C)S(C)(=O)=O)cc(OC(=O)c2ccccc2OCCN(C)S(C)(=O)=O)c1)S(C)(=O)=O. The Bertz CT molecular complexity index is 2230. The highest BCUT2D eigenvalue weighted by Crippen LogP contribution is 2.32. The first-order valence-electron chi connectivity index (χ1n) is 17.8. The van der Waals surface area contributed by atoms with Crippen LogP contribution in [-0.4, -0.2) is 135 Å². The van der Waals surface area contributed by atoms with Crippen LogP contribution in [0.2, 0.25) is 0 Å². The number of carbonyl (C=O) groups excluding carboxylic acids is 3. The standard InChI is InChI=1S/C39H45N3O15S3/c1-40(58(4,46)47)19-22-52-34-16-10-7-13-31(34)37(43)55-28-25-29(56-38(44)32-14-8-11-17-35(32)53-23-20-41(2)59(5,48)49)27-30(26-28)57-39(45)33-15-9-12-18-36(33)54-24-21-42(3)60(6,50)51/h7-18,25-27H,19-24H2,1-6H3. The monoisotopic (exact) mass is 891 g/mol. The van der Waals surface area contributed by atoms with Crippen molar-refractivity contribution in [3.63, 3.8) is 0 Å². The first-order valence-corrected chi connectivity index (χ1v) is 23.4. The van der Waals surface area contributed by atoms with Crippen molar-refractivity contribution < 1.29 is 68.1 Å². The molecule has 0 bridgehead atoms. The van der Waals surface area contributed by atoms with E-state index in [2.05, 4.69) is 0 Å². The van der Waals surface area contributed by atoms with Crippen molar-refractivity contribution in [1.29, 1.82) is 0 Å². The zero-order chi connectivity index (χ0) is 44.3. The quantitative estimate of drug-likeness (QED) is 0.0867. The first-order chi connectivity index (χ1) is 28.1. The van der Waals surface area contributed by atoms with Crippen LogP contribution < -0.4 is 28.4 Å². The van der Waals surface area contributed by atoms with E-state index < -0.39 is 48.0 Å². The number of para-hydroxylation sites is 3. The number of carbonyl (C=O) groups is 3. The zero-order valence-corrected chi connectivity index (χ0v) is 36.0. The molecule has 0 aromatic heterocycles. The Labute approximate surface area is 349 Å². The Kier molecular flexibility index (Phi) is 16.2. The van der Waals surface area contributed by atoms with Crippen LogP contribution in [0.25, 0.3) is 0 Å². The van der Waals surface area contributed by atoms with Crippen LogP contribution in [0.15, 0.2) is 91.0 Å². The molecule has 0 spiro atoms. The van der Waals surface area contributed by atoms with Gasteiger partial charge in [-0.1, -0.05) is 36.4 Å². The zero-order valence-electron chi connectivity index (χ0n) is 33.6.